The maximum atomic E-state index is 12.7. The van der Waals surface area contributed by atoms with Crippen molar-refractivity contribution >= 4 is 28.8 Å². The smallest absolute Gasteiger partial charge is 0.347 e. The third kappa shape index (κ3) is 2.96. The number of alkyl halides is 3. The molecule has 0 bridgehead atoms. The topological polar surface area (TPSA) is 41.1 Å². The van der Waals surface area contributed by atoms with E-state index in [2.05, 4.69) is 10.6 Å². The van der Waals surface area contributed by atoms with Gasteiger partial charge in [0.15, 0.2) is 0 Å². The van der Waals surface area contributed by atoms with Gasteiger partial charge in [0.25, 0.3) is 5.91 Å². The summed E-state index contributed by atoms with van der Waals surface area (Å²) in [6.07, 6.45) is -4.31. The van der Waals surface area contributed by atoms with Crippen LogP contribution in [0, 0.1) is 5.92 Å². The number of carbonyl (C=O) groups is 1. The highest BCUT2D eigenvalue weighted by Crippen LogP contribution is 2.31. The van der Waals surface area contributed by atoms with Crippen LogP contribution >= 0.6 is 22.9 Å². The van der Waals surface area contributed by atoms with Crippen LogP contribution in [-0.2, 0) is 0 Å². The SMILES string of the molecule is O=C(NC1CNCC1C(F)(F)F)c1ccc(Cl)s1. The number of thiophene rings is 1. The first kappa shape index (κ1) is 13.6. The minimum Gasteiger partial charge on any atom is -0.347 e. The molecule has 0 aliphatic carbocycles. The first-order chi connectivity index (χ1) is 8.38. The Balaban J connectivity index is 2.03. The fourth-order valence-corrected chi connectivity index (χ4v) is 2.80. The predicted molar refractivity (Wildman–Crippen MR) is 63.0 cm³/mol. The monoisotopic (exact) mass is 298 g/mol. The standard InChI is InChI=1S/C10H10ClF3N2OS/c11-8-2-1-7(18-8)9(17)16-6-4-15-3-5(6)10(12,13)14/h1-2,5-6,15H,3-4H2,(H,16,17). The summed E-state index contributed by atoms with van der Waals surface area (Å²) in [5.74, 6) is -2.06. The molecule has 1 aromatic rings. The Morgan fingerprint density at radius 3 is 2.72 bits per heavy atom. The molecule has 8 heteroatoms. The highest BCUT2D eigenvalue weighted by atomic mass is 35.5. The number of rotatable bonds is 2. The van der Waals surface area contributed by atoms with E-state index in [9.17, 15) is 18.0 Å². The van der Waals surface area contributed by atoms with Crippen LogP contribution in [0.5, 0.6) is 0 Å². The summed E-state index contributed by atoms with van der Waals surface area (Å²) >= 11 is 6.71. The molecule has 100 valence electrons. The summed E-state index contributed by atoms with van der Waals surface area (Å²) in [5, 5.41) is 5.03. The molecule has 0 radical (unpaired) electrons. The Hall–Kier alpha value is -0.790. The lowest BCUT2D eigenvalue weighted by molar-refractivity contribution is -0.173. The maximum Gasteiger partial charge on any atom is 0.395 e. The van der Waals surface area contributed by atoms with E-state index in [4.69, 9.17) is 11.6 Å². The summed E-state index contributed by atoms with van der Waals surface area (Å²) in [6, 6.07) is 2.10. The van der Waals surface area contributed by atoms with Crippen LogP contribution in [-0.4, -0.2) is 31.2 Å². The van der Waals surface area contributed by atoms with Crippen molar-refractivity contribution in [3.63, 3.8) is 0 Å². The molecule has 1 aliphatic heterocycles. The Morgan fingerprint density at radius 1 is 1.44 bits per heavy atom. The zero-order chi connectivity index (χ0) is 13.3. The largest absolute Gasteiger partial charge is 0.395 e. The van der Waals surface area contributed by atoms with Crippen molar-refractivity contribution in [3.05, 3.63) is 21.3 Å². The second-order valence-corrected chi connectivity index (χ2v) is 5.71. The van der Waals surface area contributed by atoms with E-state index in [1.165, 1.54) is 12.1 Å². The molecule has 2 atom stereocenters. The molecule has 0 spiro atoms. The van der Waals surface area contributed by atoms with E-state index in [1.807, 2.05) is 0 Å². The molecule has 2 N–H and O–H groups in total. The molecule has 2 heterocycles. The third-order valence-electron chi connectivity index (χ3n) is 2.75. The molecule has 1 aromatic heterocycles. The molecule has 1 amide bonds. The fraction of sp³-hybridized carbons (Fsp3) is 0.500. The van der Waals surface area contributed by atoms with Gasteiger partial charge >= 0.3 is 6.18 Å². The Bertz CT molecular complexity index is 449. The van der Waals surface area contributed by atoms with Crippen molar-refractivity contribution in [2.75, 3.05) is 13.1 Å². The van der Waals surface area contributed by atoms with Gasteiger partial charge in [0.05, 0.1) is 21.2 Å². The molecule has 2 rings (SSSR count). The maximum absolute atomic E-state index is 12.7. The fourth-order valence-electron chi connectivity index (χ4n) is 1.85. The minimum atomic E-state index is -4.31. The van der Waals surface area contributed by atoms with E-state index in [0.29, 0.717) is 9.21 Å². The average Bonchev–Trinajstić information content (AvgIpc) is 2.85. The van der Waals surface area contributed by atoms with Gasteiger partial charge in [0.2, 0.25) is 0 Å². The second kappa shape index (κ2) is 5.07. The van der Waals surface area contributed by atoms with Gasteiger partial charge in [0.1, 0.15) is 0 Å². The number of halogens is 4. The zero-order valence-electron chi connectivity index (χ0n) is 9.05. The lowest BCUT2D eigenvalue weighted by Gasteiger charge is -2.21. The van der Waals surface area contributed by atoms with Crippen LogP contribution in [0.25, 0.3) is 0 Å². The molecular weight excluding hydrogens is 289 g/mol. The van der Waals surface area contributed by atoms with Crippen molar-refractivity contribution in [1.82, 2.24) is 10.6 Å². The van der Waals surface area contributed by atoms with Crippen molar-refractivity contribution in [1.29, 1.82) is 0 Å². The molecule has 18 heavy (non-hydrogen) atoms. The molecule has 1 aliphatic rings. The third-order valence-corrected chi connectivity index (χ3v) is 3.98. The van der Waals surface area contributed by atoms with Crippen molar-refractivity contribution in [2.45, 2.75) is 12.2 Å². The van der Waals surface area contributed by atoms with Gasteiger partial charge < -0.3 is 10.6 Å². The lowest BCUT2D eigenvalue weighted by Crippen LogP contribution is -2.45. The molecule has 0 saturated carbocycles. The van der Waals surface area contributed by atoms with E-state index < -0.39 is 24.0 Å². The molecule has 2 unspecified atom stereocenters. The van der Waals surface area contributed by atoms with Crippen LogP contribution in [0.15, 0.2) is 12.1 Å². The van der Waals surface area contributed by atoms with Gasteiger partial charge in [-0.1, -0.05) is 11.6 Å². The molecule has 1 fully saturated rings. The van der Waals surface area contributed by atoms with Crippen LogP contribution in [0.4, 0.5) is 13.2 Å². The first-order valence-corrected chi connectivity index (χ1v) is 6.41. The highest BCUT2D eigenvalue weighted by Gasteiger charge is 2.47. The van der Waals surface area contributed by atoms with Gasteiger partial charge in [-0.3, -0.25) is 4.79 Å². The van der Waals surface area contributed by atoms with Gasteiger partial charge in [-0.15, -0.1) is 11.3 Å². The minimum absolute atomic E-state index is 0.120. The molecule has 1 saturated heterocycles. The Morgan fingerprint density at radius 2 is 2.17 bits per heavy atom. The first-order valence-electron chi connectivity index (χ1n) is 5.21. The van der Waals surface area contributed by atoms with Crippen molar-refractivity contribution in [3.8, 4) is 0 Å². The number of hydrogen-bond acceptors (Lipinski definition) is 3. The van der Waals surface area contributed by atoms with Gasteiger partial charge in [0, 0.05) is 13.1 Å². The second-order valence-electron chi connectivity index (χ2n) is 3.99. The van der Waals surface area contributed by atoms with Crippen LogP contribution in [0.1, 0.15) is 9.67 Å². The number of nitrogens with one attached hydrogen (secondary N) is 2. The number of hydrogen-bond donors (Lipinski definition) is 2. The zero-order valence-corrected chi connectivity index (χ0v) is 10.6. The van der Waals surface area contributed by atoms with E-state index >= 15 is 0 Å². The van der Waals surface area contributed by atoms with E-state index in [0.717, 1.165) is 11.3 Å². The molecule has 3 nitrogen and oxygen atoms in total. The van der Waals surface area contributed by atoms with Gasteiger partial charge in [-0.2, -0.15) is 13.2 Å². The van der Waals surface area contributed by atoms with Gasteiger partial charge in [-0.25, -0.2) is 0 Å². The van der Waals surface area contributed by atoms with Gasteiger partial charge in [-0.05, 0) is 12.1 Å². The summed E-state index contributed by atoms with van der Waals surface area (Å²) in [6.45, 7) is -0.0470. The number of amides is 1. The van der Waals surface area contributed by atoms with Crippen LogP contribution < -0.4 is 10.6 Å². The summed E-state index contributed by atoms with van der Waals surface area (Å²) in [7, 11) is 0. The quantitative estimate of drug-likeness (QED) is 0.879. The lowest BCUT2D eigenvalue weighted by atomic mass is 10.0. The van der Waals surface area contributed by atoms with Crippen LogP contribution in [0.2, 0.25) is 4.34 Å². The highest BCUT2D eigenvalue weighted by molar-refractivity contribution is 7.17. The molecule has 0 aromatic carbocycles. The van der Waals surface area contributed by atoms with Crippen molar-refractivity contribution in [2.24, 2.45) is 5.92 Å². The van der Waals surface area contributed by atoms with Crippen LogP contribution in [0.3, 0.4) is 0 Å². The summed E-state index contributed by atoms with van der Waals surface area (Å²) in [4.78, 5) is 12.0. The Kier molecular flexibility index (Phi) is 3.84. The predicted octanol–water partition coefficient (Wildman–Crippen LogP) is 2.28. The summed E-state index contributed by atoms with van der Waals surface area (Å²) < 4.78 is 38.4. The van der Waals surface area contributed by atoms with Crippen molar-refractivity contribution < 1.29 is 18.0 Å². The van der Waals surface area contributed by atoms with E-state index in [1.54, 1.807) is 0 Å². The molecular formula is C10H10ClF3N2OS. The Labute approximate surface area is 110 Å². The number of carbonyl (C=O) groups excluding carboxylic acids is 1. The average molecular weight is 299 g/mol. The normalized spacial score (nSPS) is 24.2. The summed E-state index contributed by atoms with van der Waals surface area (Å²) in [5.41, 5.74) is 0. The van der Waals surface area contributed by atoms with E-state index in [-0.39, 0.29) is 13.1 Å².